The van der Waals surface area contributed by atoms with Gasteiger partial charge < -0.3 is 0 Å². The van der Waals surface area contributed by atoms with Gasteiger partial charge >= 0.3 is 256 Å². The van der Waals surface area contributed by atoms with Crippen molar-refractivity contribution in [3.8, 4) is 15.5 Å². The molecule has 0 radical (unpaired) electrons. The van der Waals surface area contributed by atoms with Crippen molar-refractivity contribution in [1.82, 2.24) is 0 Å². The van der Waals surface area contributed by atoms with Crippen molar-refractivity contribution in [2.45, 2.75) is 158 Å². The second kappa shape index (κ2) is 16.0. The zero-order valence-corrected chi connectivity index (χ0v) is 31.3. The van der Waals surface area contributed by atoms with Gasteiger partial charge in [0.15, 0.2) is 0 Å². The molecular formula is C35H60OS2Sn. The van der Waals surface area contributed by atoms with Crippen molar-refractivity contribution in [1.29, 1.82) is 0 Å². The molecular weight excluding hydrogens is 619 g/mol. The molecule has 0 aliphatic carbocycles. The summed E-state index contributed by atoms with van der Waals surface area (Å²) in [5.74, 6) is 2.62. The molecule has 39 heavy (non-hydrogen) atoms. The van der Waals surface area contributed by atoms with Crippen LogP contribution in [-0.2, 0) is 12.0 Å². The van der Waals surface area contributed by atoms with E-state index in [0.717, 1.165) is 12.8 Å². The first-order valence-corrected chi connectivity index (χ1v) is 25.8. The van der Waals surface area contributed by atoms with Crippen LogP contribution in [0.5, 0.6) is 5.75 Å². The summed E-state index contributed by atoms with van der Waals surface area (Å²) in [6.45, 7) is 19.1. The molecule has 0 saturated carbocycles. The molecule has 1 aliphatic rings. The summed E-state index contributed by atoms with van der Waals surface area (Å²) in [5.41, 5.74) is 1.46. The summed E-state index contributed by atoms with van der Waals surface area (Å²) in [6, 6.07) is 5.24. The molecule has 3 heterocycles. The maximum absolute atomic E-state index is 7.32. The Morgan fingerprint density at radius 2 is 1.26 bits per heavy atom. The van der Waals surface area contributed by atoms with E-state index in [2.05, 4.69) is 90.2 Å². The molecule has 0 unspecified atom stereocenters. The van der Waals surface area contributed by atoms with Crippen molar-refractivity contribution in [3.63, 3.8) is 0 Å². The van der Waals surface area contributed by atoms with Crippen LogP contribution in [0.3, 0.4) is 0 Å². The standard InChI is InChI=1S/C23H33OS2.3C4H9.Sn/c1-6-7-8-18-15-20-22(26-18)21-19(11-14-25-21)23(24-20,12-9-16(2)3)13-10-17(4)5;3*1-3-4-2;/h11,15-17H,6-10,12-13H2,1-5H3;3*1,3-4H2,2H3;. The third-order valence-corrected chi connectivity index (χ3v) is 29.7. The van der Waals surface area contributed by atoms with Crippen LogP contribution in [0.2, 0.25) is 13.3 Å². The first-order valence-electron chi connectivity index (χ1n) is 16.7. The Morgan fingerprint density at radius 1 is 0.718 bits per heavy atom. The van der Waals surface area contributed by atoms with Gasteiger partial charge in [0.05, 0.1) is 0 Å². The molecule has 0 bridgehead atoms. The van der Waals surface area contributed by atoms with E-state index >= 15 is 0 Å². The summed E-state index contributed by atoms with van der Waals surface area (Å²) in [5, 5.41) is 0. The second-order valence-electron chi connectivity index (χ2n) is 13.4. The van der Waals surface area contributed by atoms with Crippen LogP contribution in [-0.4, -0.2) is 18.4 Å². The topological polar surface area (TPSA) is 9.23 Å². The van der Waals surface area contributed by atoms with Gasteiger partial charge in [0.25, 0.3) is 0 Å². The SMILES string of the molecule is CCCCc1cc2c(s1)-c1s[c]([Sn]([CH2]CCC)([CH2]CCC)[CH2]CCC)cc1C(CCC(C)C)(CCC(C)C)O2. The van der Waals surface area contributed by atoms with Gasteiger partial charge in [0, 0.05) is 0 Å². The number of hydrogen-bond acceptors (Lipinski definition) is 3. The number of fused-ring (bicyclic) bond motifs is 3. The Kier molecular flexibility index (Phi) is 13.8. The van der Waals surface area contributed by atoms with Gasteiger partial charge in [-0.05, 0) is 0 Å². The van der Waals surface area contributed by atoms with Gasteiger partial charge in [-0.25, -0.2) is 0 Å². The zero-order chi connectivity index (χ0) is 28.5. The number of hydrogen-bond donors (Lipinski definition) is 0. The summed E-state index contributed by atoms with van der Waals surface area (Å²) in [6.07, 6.45) is 16.8. The van der Waals surface area contributed by atoms with E-state index in [-0.39, 0.29) is 5.60 Å². The van der Waals surface area contributed by atoms with Crippen molar-refractivity contribution in [3.05, 3.63) is 22.6 Å². The number of aryl methyl sites for hydroxylation is 1. The fraction of sp³-hybridized carbons (Fsp3) is 0.771. The minimum atomic E-state index is -2.54. The maximum atomic E-state index is 7.32. The Hall–Kier alpha value is -0.00130. The van der Waals surface area contributed by atoms with Crippen LogP contribution < -0.4 is 7.63 Å². The fourth-order valence-corrected chi connectivity index (χ4v) is 28.0. The molecule has 0 fully saturated rings. The van der Waals surface area contributed by atoms with Gasteiger partial charge in [-0.3, -0.25) is 0 Å². The molecule has 222 valence electrons. The summed E-state index contributed by atoms with van der Waals surface area (Å²) in [7, 11) is 0. The number of thiophene rings is 2. The Balaban J connectivity index is 2.20. The third kappa shape index (κ3) is 8.53. The molecule has 4 heteroatoms. The van der Waals surface area contributed by atoms with Crippen LogP contribution >= 0.6 is 22.7 Å². The second-order valence-corrected chi connectivity index (χ2v) is 29.8. The quantitative estimate of drug-likeness (QED) is 0.134. The molecule has 2 aromatic heterocycles. The molecule has 3 rings (SSSR count). The zero-order valence-electron chi connectivity index (χ0n) is 26.8. The molecule has 0 N–H and O–H groups in total. The average molecular weight is 680 g/mol. The van der Waals surface area contributed by atoms with Gasteiger partial charge in [-0.15, -0.1) is 0 Å². The van der Waals surface area contributed by atoms with Crippen molar-refractivity contribution < 1.29 is 4.74 Å². The van der Waals surface area contributed by atoms with Gasteiger partial charge in [-0.1, -0.05) is 0 Å². The van der Waals surface area contributed by atoms with E-state index in [1.165, 1.54) is 86.1 Å². The van der Waals surface area contributed by atoms with Gasteiger partial charge in [0.1, 0.15) is 0 Å². The normalized spacial score (nSPS) is 14.6. The van der Waals surface area contributed by atoms with E-state index in [0.29, 0.717) is 11.8 Å². The van der Waals surface area contributed by atoms with E-state index in [1.807, 2.05) is 2.89 Å². The molecule has 0 atom stereocenters. The number of rotatable bonds is 19. The van der Waals surface area contributed by atoms with Crippen molar-refractivity contribution in [2.75, 3.05) is 0 Å². The number of unbranched alkanes of at least 4 members (excludes halogenated alkanes) is 4. The molecule has 1 nitrogen and oxygen atoms in total. The summed E-state index contributed by atoms with van der Waals surface area (Å²) >= 11 is 1.78. The predicted octanol–water partition coefficient (Wildman–Crippen LogP) is 12.3. The molecule has 0 aromatic carbocycles. The summed E-state index contributed by atoms with van der Waals surface area (Å²) in [4.78, 5) is 4.62. The van der Waals surface area contributed by atoms with Gasteiger partial charge in [0.2, 0.25) is 0 Å². The average Bonchev–Trinajstić information content (AvgIpc) is 3.54. The van der Waals surface area contributed by atoms with Crippen LogP contribution in [0.4, 0.5) is 0 Å². The van der Waals surface area contributed by atoms with Crippen molar-refractivity contribution in [2.24, 2.45) is 11.8 Å². The fourth-order valence-electron chi connectivity index (χ4n) is 6.39. The number of ether oxygens (including phenoxy) is 1. The minimum absolute atomic E-state index is 0.146. The molecule has 0 saturated heterocycles. The third-order valence-electron chi connectivity index (χ3n) is 9.06. The molecule has 2 aromatic rings. The predicted molar refractivity (Wildman–Crippen MR) is 181 cm³/mol. The van der Waals surface area contributed by atoms with Crippen LogP contribution in [0.25, 0.3) is 9.75 Å². The first-order chi connectivity index (χ1) is 18.7. The van der Waals surface area contributed by atoms with E-state index < -0.39 is 18.4 Å². The monoisotopic (exact) mass is 680 g/mol. The Labute approximate surface area is 254 Å². The molecule has 1 aliphatic heterocycles. The summed E-state index contributed by atoms with van der Waals surface area (Å²) < 4.78 is 13.9. The van der Waals surface area contributed by atoms with Crippen LogP contribution in [0.1, 0.15) is 143 Å². The van der Waals surface area contributed by atoms with Crippen LogP contribution in [0.15, 0.2) is 12.1 Å². The Morgan fingerprint density at radius 3 is 1.74 bits per heavy atom. The molecule has 0 amide bonds. The van der Waals surface area contributed by atoms with E-state index in [9.17, 15) is 0 Å². The van der Waals surface area contributed by atoms with Crippen molar-refractivity contribution >= 4 is 43.9 Å². The van der Waals surface area contributed by atoms with Gasteiger partial charge in [-0.2, -0.15) is 0 Å². The van der Waals surface area contributed by atoms with Crippen LogP contribution in [0, 0.1) is 11.8 Å². The Bertz CT molecular complexity index is 951. The van der Waals surface area contributed by atoms with E-state index in [4.69, 9.17) is 4.74 Å². The van der Waals surface area contributed by atoms with E-state index in [1.54, 1.807) is 23.8 Å². The first kappa shape index (κ1) is 33.5. The molecule has 0 spiro atoms.